The van der Waals surface area contributed by atoms with Crippen LogP contribution in [0.5, 0.6) is 5.75 Å². The highest BCUT2D eigenvalue weighted by molar-refractivity contribution is 5.95. The van der Waals surface area contributed by atoms with E-state index in [1.54, 1.807) is 25.3 Å². The van der Waals surface area contributed by atoms with Crippen molar-refractivity contribution >= 4 is 17.6 Å². The first-order valence-electron chi connectivity index (χ1n) is 16.0. The van der Waals surface area contributed by atoms with E-state index < -0.39 is 11.9 Å². The summed E-state index contributed by atoms with van der Waals surface area (Å²) in [6.07, 6.45) is 9.09. The first-order chi connectivity index (χ1) is 21.2. The molecule has 1 N–H and O–H groups in total. The lowest BCUT2D eigenvalue weighted by molar-refractivity contribution is -0.143. The minimum atomic E-state index is -0.854. The molecule has 5 rings (SSSR count). The van der Waals surface area contributed by atoms with Gasteiger partial charge in [-0.3, -0.25) is 14.5 Å². The minimum Gasteiger partial charge on any atom is -0.493 e. The number of aromatic nitrogens is 2. The van der Waals surface area contributed by atoms with Crippen molar-refractivity contribution in [1.29, 1.82) is 0 Å². The summed E-state index contributed by atoms with van der Waals surface area (Å²) < 4.78 is 22.0. The third-order valence-electron chi connectivity index (χ3n) is 9.40. The topological polar surface area (TPSA) is 87.9 Å². The predicted octanol–water partition coefficient (Wildman–Crippen LogP) is 5.91. The smallest absolute Gasteiger partial charge is 0.308 e. The largest absolute Gasteiger partial charge is 0.493 e. The lowest BCUT2D eigenvalue weighted by atomic mass is 9.83. The first-order valence-corrected chi connectivity index (χ1v) is 16.0. The van der Waals surface area contributed by atoms with Crippen molar-refractivity contribution < 1.29 is 23.8 Å². The molecule has 2 aliphatic rings. The lowest BCUT2D eigenvalue weighted by Gasteiger charge is -2.35. The van der Waals surface area contributed by atoms with Gasteiger partial charge in [0.1, 0.15) is 17.4 Å². The molecule has 236 valence electrons. The standard InChI is InChI=1S/C35H45FN4O4/c1-5-7-26(8-6-2)40(27-10-11-29(36)23(3)19-27)33(41)22-39-21-28(24-9-13-31-25(20-24)15-18-44-31)34(35(42)43)30(39)12-14-32-37-16-17-38(32)4/h9-11,13,16-17,19-20,26,28,30,34H,5-8,12,14-15,18,21-22H2,1-4H3,(H,42,43). The normalized spacial score (nSPS) is 19.7. The lowest BCUT2D eigenvalue weighted by Crippen LogP contribution is -2.48. The maximum absolute atomic E-state index is 14.4. The number of rotatable bonds is 13. The molecule has 8 nitrogen and oxygen atoms in total. The number of hydrogen-bond acceptors (Lipinski definition) is 5. The molecule has 1 amide bonds. The van der Waals surface area contributed by atoms with E-state index in [1.165, 1.54) is 6.07 Å². The number of benzene rings is 2. The Balaban J connectivity index is 1.49. The van der Waals surface area contributed by atoms with Crippen LogP contribution in [0.2, 0.25) is 0 Å². The molecule has 2 aliphatic heterocycles. The highest BCUT2D eigenvalue weighted by Gasteiger charge is 2.47. The van der Waals surface area contributed by atoms with Crippen molar-refractivity contribution in [2.24, 2.45) is 13.0 Å². The molecule has 3 heterocycles. The number of carboxylic acids is 1. The molecule has 1 aromatic heterocycles. The van der Waals surface area contributed by atoms with E-state index >= 15 is 0 Å². The van der Waals surface area contributed by atoms with E-state index in [-0.39, 0.29) is 36.3 Å². The zero-order chi connectivity index (χ0) is 31.4. The van der Waals surface area contributed by atoms with E-state index in [4.69, 9.17) is 4.74 Å². The van der Waals surface area contributed by atoms with Crippen molar-refractivity contribution in [3.8, 4) is 5.75 Å². The molecular weight excluding hydrogens is 559 g/mol. The molecule has 0 spiro atoms. The van der Waals surface area contributed by atoms with Gasteiger partial charge >= 0.3 is 5.97 Å². The van der Waals surface area contributed by atoms with Gasteiger partial charge in [0.2, 0.25) is 5.91 Å². The van der Waals surface area contributed by atoms with Gasteiger partial charge in [0, 0.05) is 62.5 Å². The molecule has 0 aliphatic carbocycles. The quantitative estimate of drug-likeness (QED) is 0.261. The highest BCUT2D eigenvalue weighted by atomic mass is 19.1. The van der Waals surface area contributed by atoms with Crippen LogP contribution in [0.3, 0.4) is 0 Å². The maximum Gasteiger partial charge on any atom is 0.308 e. The number of halogens is 1. The number of aryl methyl sites for hydroxylation is 3. The third-order valence-corrected chi connectivity index (χ3v) is 9.40. The molecule has 1 saturated heterocycles. The summed E-state index contributed by atoms with van der Waals surface area (Å²) in [5, 5.41) is 10.6. The van der Waals surface area contributed by atoms with Gasteiger partial charge in [-0.2, -0.15) is 0 Å². The van der Waals surface area contributed by atoms with Crippen LogP contribution in [-0.2, 0) is 29.5 Å². The van der Waals surface area contributed by atoms with Crippen LogP contribution in [0.15, 0.2) is 48.8 Å². The Labute approximate surface area is 259 Å². The van der Waals surface area contributed by atoms with E-state index in [0.29, 0.717) is 37.2 Å². The molecule has 0 bridgehead atoms. The van der Waals surface area contributed by atoms with Gasteiger partial charge in [-0.25, -0.2) is 9.37 Å². The fourth-order valence-electron chi connectivity index (χ4n) is 7.20. The van der Waals surface area contributed by atoms with Crippen LogP contribution < -0.4 is 9.64 Å². The Morgan fingerprint density at radius 2 is 1.93 bits per heavy atom. The van der Waals surface area contributed by atoms with Crippen LogP contribution in [0, 0.1) is 18.7 Å². The molecule has 0 saturated carbocycles. The van der Waals surface area contributed by atoms with Gasteiger partial charge < -0.3 is 19.3 Å². The molecular formula is C35H45FN4O4. The van der Waals surface area contributed by atoms with Gasteiger partial charge in [-0.05, 0) is 67.1 Å². The van der Waals surface area contributed by atoms with E-state index in [1.807, 2.05) is 34.8 Å². The Morgan fingerprint density at radius 3 is 2.59 bits per heavy atom. The van der Waals surface area contributed by atoms with Crippen molar-refractivity contribution in [3.63, 3.8) is 0 Å². The highest BCUT2D eigenvalue weighted by Crippen LogP contribution is 2.41. The van der Waals surface area contributed by atoms with Crippen LogP contribution in [-0.4, -0.2) is 63.2 Å². The summed E-state index contributed by atoms with van der Waals surface area (Å²) in [6, 6.07) is 10.5. The fourth-order valence-corrected chi connectivity index (χ4v) is 7.20. The van der Waals surface area contributed by atoms with Gasteiger partial charge in [0.25, 0.3) is 0 Å². The number of fused-ring (bicyclic) bond motifs is 1. The summed E-state index contributed by atoms with van der Waals surface area (Å²) in [5.41, 5.74) is 3.26. The number of imidazole rings is 1. The molecule has 3 atom stereocenters. The van der Waals surface area contributed by atoms with Gasteiger partial charge in [0.15, 0.2) is 0 Å². The van der Waals surface area contributed by atoms with Crippen LogP contribution in [0.25, 0.3) is 0 Å². The monoisotopic (exact) mass is 604 g/mol. The summed E-state index contributed by atoms with van der Waals surface area (Å²) in [5.74, 6) is -0.463. The molecule has 1 fully saturated rings. The second-order valence-corrected chi connectivity index (χ2v) is 12.4. The zero-order valence-corrected chi connectivity index (χ0v) is 26.3. The van der Waals surface area contributed by atoms with Crippen LogP contribution in [0.4, 0.5) is 10.1 Å². The number of carboxylic acid groups (broad SMARTS) is 1. The van der Waals surface area contributed by atoms with E-state index in [2.05, 4.69) is 29.8 Å². The molecule has 0 radical (unpaired) electrons. The molecule has 3 unspecified atom stereocenters. The Kier molecular flexibility index (Phi) is 10.0. The third kappa shape index (κ3) is 6.67. The summed E-state index contributed by atoms with van der Waals surface area (Å²) in [7, 11) is 1.94. The average Bonchev–Trinajstić information content (AvgIpc) is 3.72. The second kappa shape index (κ2) is 13.9. The number of carbonyl (C=O) groups is 2. The summed E-state index contributed by atoms with van der Waals surface area (Å²) in [6.45, 7) is 7.11. The van der Waals surface area contributed by atoms with Gasteiger partial charge in [-0.15, -0.1) is 0 Å². The number of likely N-dealkylation sites (tertiary alicyclic amines) is 1. The number of anilines is 1. The minimum absolute atomic E-state index is 0.0289. The van der Waals surface area contributed by atoms with E-state index in [9.17, 15) is 19.1 Å². The Morgan fingerprint density at radius 1 is 1.16 bits per heavy atom. The SMILES string of the molecule is CCCC(CCC)N(C(=O)CN1CC(c2ccc3c(c2)CCO3)C(C(=O)O)C1CCc1nccn1C)c1ccc(F)c(C)c1. The maximum atomic E-state index is 14.4. The fraction of sp³-hybridized carbons (Fsp3) is 0.514. The second-order valence-electron chi connectivity index (χ2n) is 12.4. The van der Waals surface area contributed by atoms with Crippen molar-refractivity contribution in [1.82, 2.24) is 14.5 Å². The number of aliphatic carboxylic acids is 1. The summed E-state index contributed by atoms with van der Waals surface area (Å²) >= 11 is 0. The summed E-state index contributed by atoms with van der Waals surface area (Å²) in [4.78, 5) is 35.8. The van der Waals surface area contributed by atoms with E-state index in [0.717, 1.165) is 54.8 Å². The van der Waals surface area contributed by atoms with Crippen molar-refractivity contribution in [3.05, 3.63) is 77.1 Å². The zero-order valence-electron chi connectivity index (χ0n) is 26.3. The van der Waals surface area contributed by atoms with Crippen LogP contribution >= 0.6 is 0 Å². The Bertz CT molecular complexity index is 1470. The Hall–Kier alpha value is -3.72. The van der Waals surface area contributed by atoms with Crippen LogP contribution in [0.1, 0.15) is 74.4 Å². The van der Waals surface area contributed by atoms with Crippen molar-refractivity contribution in [2.75, 3.05) is 24.6 Å². The molecule has 44 heavy (non-hydrogen) atoms. The number of nitrogens with zero attached hydrogens (tertiary/aromatic N) is 4. The first kappa shape index (κ1) is 31.7. The molecule has 3 aromatic rings. The van der Waals surface area contributed by atoms with Gasteiger partial charge in [0.05, 0.1) is 19.1 Å². The number of carbonyl (C=O) groups excluding carboxylic acids is 1. The number of ether oxygens (including phenoxy) is 1. The number of hydrogen-bond donors (Lipinski definition) is 1. The average molecular weight is 605 g/mol. The predicted molar refractivity (Wildman–Crippen MR) is 169 cm³/mol. The van der Waals surface area contributed by atoms with Gasteiger partial charge in [-0.1, -0.05) is 38.8 Å². The molecule has 9 heteroatoms. The number of amides is 1. The van der Waals surface area contributed by atoms with Crippen molar-refractivity contribution in [2.45, 2.75) is 83.7 Å². The molecule has 2 aromatic carbocycles.